The first kappa shape index (κ1) is 12.0. The second-order valence-corrected chi connectivity index (χ2v) is 5.18. The average molecular weight is 222 g/mol. The number of nitrogens with two attached hydrogens (primary N) is 1. The Kier molecular flexibility index (Phi) is 3.35. The second kappa shape index (κ2) is 4.19. The molecule has 0 aliphatic carbocycles. The van der Waals surface area contributed by atoms with Crippen LogP contribution >= 0.6 is 12.2 Å². The number of nitrogens with one attached hydrogen (secondary N) is 1. The molecule has 0 aromatic heterocycles. The fourth-order valence-electron chi connectivity index (χ4n) is 1.41. The van der Waals surface area contributed by atoms with Crippen LogP contribution in [0.15, 0.2) is 18.2 Å². The summed E-state index contributed by atoms with van der Waals surface area (Å²) in [5.74, 6) is 0. The number of anilines is 1. The van der Waals surface area contributed by atoms with Crippen molar-refractivity contribution in [1.82, 2.24) is 0 Å². The Morgan fingerprint density at radius 1 is 1.33 bits per heavy atom. The number of aryl methyl sites for hydroxylation is 1. The molecule has 0 atom stereocenters. The van der Waals surface area contributed by atoms with Gasteiger partial charge in [-0.15, -0.1) is 0 Å². The molecule has 0 fully saturated rings. The van der Waals surface area contributed by atoms with Crippen LogP contribution in [-0.4, -0.2) is 10.5 Å². The maximum Gasteiger partial charge on any atom is 0.106 e. The summed E-state index contributed by atoms with van der Waals surface area (Å²) < 4.78 is 0. The molecule has 0 aliphatic rings. The zero-order valence-electron chi connectivity index (χ0n) is 9.72. The van der Waals surface area contributed by atoms with Gasteiger partial charge < -0.3 is 11.1 Å². The van der Waals surface area contributed by atoms with Crippen molar-refractivity contribution in [3.63, 3.8) is 0 Å². The summed E-state index contributed by atoms with van der Waals surface area (Å²) >= 11 is 5.04. The fourth-order valence-corrected chi connectivity index (χ4v) is 1.58. The van der Waals surface area contributed by atoms with E-state index in [2.05, 4.69) is 39.1 Å². The van der Waals surface area contributed by atoms with E-state index in [4.69, 9.17) is 18.0 Å². The molecule has 0 radical (unpaired) electrons. The lowest BCUT2D eigenvalue weighted by atomic mass is 10.0. The highest BCUT2D eigenvalue weighted by Crippen LogP contribution is 2.23. The monoisotopic (exact) mass is 222 g/mol. The molecule has 0 amide bonds. The van der Waals surface area contributed by atoms with E-state index in [1.807, 2.05) is 12.1 Å². The minimum atomic E-state index is 0.00560. The van der Waals surface area contributed by atoms with Gasteiger partial charge in [-0.1, -0.05) is 24.4 Å². The molecule has 2 nitrogen and oxygen atoms in total. The third-order valence-corrected chi connectivity index (χ3v) is 2.26. The maximum atomic E-state index is 5.69. The van der Waals surface area contributed by atoms with E-state index in [0.29, 0.717) is 4.99 Å². The zero-order chi connectivity index (χ0) is 11.6. The molecule has 82 valence electrons. The van der Waals surface area contributed by atoms with Crippen molar-refractivity contribution in [2.75, 3.05) is 5.32 Å². The van der Waals surface area contributed by atoms with Gasteiger partial charge in [0.15, 0.2) is 0 Å². The minimum absolute atomic E-state index is 0.00560. The second-order valence-electron chi connectivity index (χ2n) is 4.74. The molecule has 3 heteroatoms. The normalized spacial score (nSPS) is 11.2. The Morgan fingerprint density at radius 2 is 1.93 bits per heavy atom. The molecule has 1 rings (SSSR count). The predicted octanol–water partition coefficient (Wildman–Crippen LogP) is 2.84. The first-order valence-electron chi connectivity index (χ1n) is 4.99. The summed E-state index contributed by atoms with van der Waals surface area (Å²) in [6.07, 6.45) is 0. The van der Waals surface area contributed by atoms with Crippen LogP contribution in [0.3, 0.4) is 0 Å². The SMILES string of the molecule is Cc1cccc(C(N)=S)c1NC(C)(C)C. The number of para-hydroxylation sites is 1. The molecule has 0 unspecified atom stereocenters. The van der Waals surface area contributed by atoms with Crippen molar-refractivity contribution in [2.24, 2.45) is 5.73 Å². The van der Waals surface area contributed by atoms with Crippen LogP contribution in [-0.2, 0) is 0 Å². The molecule has 0 saturated heterocycles. The van der Waals surface area contributed by atoms with Gasteiger partial charge >= 0.3 is 0 Å². The molecular formula is C12H18N2S. The largest absolute Gasteiger partial charge is 0.389 e. The van der Waals surface area contributed by atoms with Gasteiger partial charge in [0.2, 0.25) is 0 Å². The van der Waals surface area contributed by atoms with Gasteiger partial charge in [-0.05, 0) is 39.3 Å². The molecule has 0 bridgehead atoms. The topological polar surface area (TPSA) is 38.0 Å². The number of hydrogen-bond donors (Lipinski definition) is 2. The lowest BCUT2D eigenvalue weighted by Crippen LogP contribution is -2.28. The first-order valence-corrected chi connectivity index (χ1v) is 5.40. The minimum Gasteiger partial charge on any atom is -0.389 e. The van der Waals surface area contributed by atoms with Crippen molar-refractivity contribution < 1.29 is 0 Å². The van der Waals surface area contributed by atoms with Crippen LogP contribution in [0.1, 0.15) is 31.9 Å². The molecule has 1 aromatic carbocycles. The van der Waals surface area contributed by atoms with Crippen LogP contribution in [0.2, 0.25) is 0 Å². The number of rotatable bonds is 2. The van der Waals surface area contributed by atoms with Crippen molar-refractivity contribution >= 4 is 22.9 Å². The van der Waals surface area contributed by atoms with E-state index >= 15 is 0 Å². The quantitative estimate of drug-likeness (QED) is 0.756. The van der Waals surface area contributed by atoms with Gasteiger partial charge in [-0.3, -0.25) is 0 Å². The Labute approximate surface area is 96.9 Å². The van der Waals surface area contributed by atoms with Crippen molar-refractivity contribution in [2.45, 2.75) is 33.2 Å². The summed E-state index contributed by atoms with van der Waals surface area (Å²) in [4.78, 5) is 0.436. The molecule has 0 aliphatic heterocycles. The number of thiocarbonyl (C=S) groups is 1. The summed E-state index contributed by atoms with van der Waals surface area (Å²) in [6.45, 7) is 8.39. The summed E-state index contributed by atoms with van der Waals surface area (Å²) in [5, 5.41) is 3.43. The van der Waals surface area contributed by atoms with Crippen molar-refractivity contribution in [3.05, 3.63) is 29.3 Å². The maximum absolute atomic E-state index is 5.69. The van der Waals surface area contributed by atoms with Crippen LogP contribution in [0, 0.1) is 6.92 Å². The molecular weight excluding hydrogens is 204 g/mol. The Hall–Kier alpha value is -1.09. The van der Waals surface area contributed by atoms with Crippen LogP contribution in [0.25, 0.3) is 0 Å². The number of benzene rings is 1. The van der Waals surface area contributed by atoms with E-state index < -0.39 is 0 Å². The van der Waals surface area contributed by atoms with Gasteiger partial charge in [0.1, 0.15) is 4.99 Å². The van der Waals surface area contributed by atoms with E-state index in [1.54, 1.807) is 0 Å². The highest BCUT2D eigenvalue weighted by atomic mass is 32.1. The number of hydrogen-bond acceptors (Lipinski definition) is 2. The fraction of sp³-hybridized carbons (Fsp3) is 0.417. The van der Waals surface area contributed by atoms with E-state index in [1.165, 1.54) is 0 Å². The molecule has 15 heavy (non-hydrogen) atoms. The van der Waals surface area contributed by atoms with Gasteiger partial charge in [0.05, 0.1) is 0 Å². The Balaban J connectivity index is 3.19. The predicted molar refractivity (Wildman–Crippen MR) is 70.4 cm³/mol. The standard InChI is InChI=1S/C12H18N2S/c1-8-6-5-7-9(11(13)15)10(8)14-12(2,3)4/h5-7,14H,1-4H3,(H2,13,15). The van der Waals surface area contributed by atoms with Crippen LogP contribution < -0.4 is 11.1 Å². The zero-order valence-corrected chi connectivity index (χ0v) is 10.5. The molecule has 0 heterocycles. The van der Waals surface area contributed by atoms with Gasteiger partial charge in [-0.25, -0.2) is 0 Å². The molecule has 0 spiro atoms. The Bertz CT molecular complexity index is 378. The van der Waals surface area contributed by atoms with Crippen molar-refractivity contribution in [1.29, 1.82) is 0 Å². The van der Waals surface area contributed by atoms with E-state index in [-0.39, 0.29) is 5.54 Å². The smallest absolute Gasteiger partial charge is 0.106 e. The molecule has 1 aromatic rings. The molecule has 0 saturated carbocycles. The van der Waals surface area contributed by atoms with E-state index in [0.717, 1.165) is 16.8 Å². The first-order chi connectivity index (χ1) is 6.81. The van der Waals surface area contributed by atoms with Crippen LogP contribution in [0.4, 0.5) is 5.69 Å². The Morgan fingerprint density at radius 3 is 2.40 bits per heavy atom. The lowest BCUT2D eigenvalue weighted by molar-refractivity contribution is 0.633. The van der Waals surface area contributed by atoms with Crippen LogP contribution in [0.5, 0.6) is 0 Å². The lowest BCUT2D eigenvalue weighted by Gasteiger charge is -2.25. The average Bonchev–Trinajstić information content (AvgIpc) is 2.05. The van der Waals surface area contributed by atoms with Crippen molar-refractivity contribution in [3.8, 4) is 0 Å². The third-order valence-electron chi connectivity index (χ3n) is 2.04. The third kappa shape index (κ3) is 3.20. The van der Waals surface area contributed by atoms with Gasteiger partial charge in [0.25, 0.3) is 0 Å². The van der Waals surface area contributed by atoms with E-state index in [9.17, 15) is 0 Å². The van der Waals surface area contributed by atoms with Gasteiger partial charge in [-0.2, -0.15) is 0 Å². The summed E-state index contributed by atoms with van der Waals surface area (Å²) in [7, 11) is 0. The summed E-state index contributed by atoms with van der Waals surface area (Å²) in [6, 6.07) is 5.97. The van der Waals surface area contributed by atoms with Gasteiger partial charge in [0, 0.05) is 16.8 Å². The molecule has 3 N–H and O–H groups in total. The highest BCUT2D eigenvalue weighted by Gasteiger charge is 2.14. The summed E-state index contributed by atoms with van der Waals surface area (Å²) in [5.41, 5.74) is 8.82. The highest BCUT2D eigenvalue weighted by molar-refractivity contribution is 7.80.